The van der Waals surface area contributed by atoms with Crippen molar-refractivity contribution in [3.63, 3.8) is 0 Å². The van der Waals surface area contributed by atoms with Crippen LogP contribution in [0.3, 0.4) is 0 Å². The van der Waals surface area contributed by atoms with Crippen molar-refractivity contribution in [3.8, 4) is 0 Å². The van der Waals surface area contributed by atoms with Crippen LogP contribution in [-0.4, -0.2) is 37.1 Å². The molecule has 2 heterocycles. The van der Waals surface area contributed by atoms with Gasteiger partial charge in [0.05, 0.1) is 5.51 Å². The minimum Gasteiger partial charge on any atom is -0.505 e. The van der Waals surface area contributed by atoms with Crippen molar-refractivity contribution >= 4 is 49.6 Å². The van der Waals surface area contributed by atoms with Crippen LogP contribution >= 0.6 is 23.1 Å². The molecule has 1 N–H and O–H groups in total. The number of thiazole rings is 1. The van der Waals surface area contributed by atoms with Crippen LogP contribution in [0.4, 0.5) is 5.82 Å². The first-order chi connectivity index (χ1) is 11.0. The van der Waals surface area contributed by atoms with Gasteiger partial charge >= 0.3 is 0 Å². The number of anilines is 1. The number of aliphatic hydroxyl groups is 1. The van der Waals surface area contributed by atoms with Gasteiger partial charge in [-0.15, -0.1) is 11.3 Å². The quantitative estimate of drug-likeness (QED) is 0.896. The number of fused-ring (bicyclic) bond motifs is 1. The average Bonchev–Trinajstić information content (AvgIpc) is 2.98. The third-order valence-electron chi connectivity index (χ3n) is 3.65. The molecule has 8 heteroatoms. The van der Waals surface area contributed by atoms with E-state index < -0.39 is 10.0 Å². The Labute approximate surface area is 143 Å². The molecule has 23 heavy (non-hydrogen) atoms. The largest absolute Gasteiger partial charge is 0.505 e. The summed E-state index contributed by atoms with van der Waals surface area (Å²) in [4.78, 5) is 4.61. The number of benzene rings is 1. The monoisotopic (exact) mass is 368 g/mol. The standard InChI is InChI=1S/C15H16N2O3S3/c1-10-5-3-4-6-11(10)14-12(18)13-15(16-9-22-13)17(7-8-21-2)23(14,19)20/h3-6,9,18H,7-8H2,1-2H3. The van der Waals surface area contributed by atoms with Crippen molar-refractivity contribution < 1.29 is 13.5 Å². The SMILES string of the molecule is CSCCN1c2ncsc2C(O)=C(c2ccccc2C)S1(=O)=O. The molecule has 0 saturated carbocycles. The molecule has 0 spiro atoms. The molecule has 3 rings (SSSR count). The molecule has 122 valence electrons. The fraction of sp³-hybridized carbons (Fsp3) is 0.267. The van der Waals surface area contributed by atoms with Crippen molar-refractivity contribution in [2.45, 2.75) is 6.92 Å². The number of aliphatic hydroxyl groups excluding tert-OH is 1. The molecule has 1 aliphatic heterocycles. The third-order valence-corrected chi connectivity index (χ3v) is 6.93. The van der Waals surface area contributed by atoms with Gasteiger partial charge in [0.1, 0.15) is 9.78 Å². The average molecular weight is 369 g/mol. The van der Waals surface area contributed by atoms with Crippen LogP contribution in [0.25, 0.3) is 10.7 Å². The lowest BCUT2D eigenvalue weighted by Gasteiger charge is -2.29. The maximum atomic E-state index is 13.1. The highest BCUT2D eigenvalue weighted by molar-refractivity contribution is 8.02. The van der Waals surface area contributed by atoms with Gasteiger partial charge in [0.2, 0.25) is 0 Å². The van der Waals surface area contributed by atoms with Gasteiger partial charge in [0.25, 0.3) is 10.0 Å². The van der Waals surface area contributed by atoms with Crippen LogP contribution in [0.15, 0.2) is 29.8 Å². The van der Waals surface area contributed by atoms with Gasteiger partial charge in [-0.05, 0) is 18.7 Å². The lowest BCUT2D eigenvalue weighted by atomic mass is 10.1. The van der Waals surface area contributed by atoms with Gasteiger partial charge in [-0.3, -0.25) is 0 Å². The van der Waals surface area contributed by atoms with Crippen LogP contribution in [0.5, 0.6) is 0 Å². The number of thioether (sulfide) groups is 1. The minimum atomic E-state index is -3.85. The number of hydrogen-bond acceptors (Lipinski definition) is 6. The first-order valence-corrected chi connectivity index (χ1v) is 10.6. The Kier molecular flexibility index (Phi) is 4.39. The number of rotatable bonds is 4. The predicted molar refractivity (Wildman–Crippen MR) is 97.4 cm³/mol. The molecule has 0 saturated heterocycles. The molecule has 1 aliphatic rings. The van der Waals surface area contributed by atoms with Crippen molar-refractivity contribution in [2.75, 3.05) is 22.9 Å². The second kappa shape index (κ2) is 6.18. The molecule has 0 aliphatic carbocycles. The number of hydrogen-bond donors (Lipinski definition) is 1. The molecule has 0 amide bonds. The van der Waals surface area contributed by atoms with Gasteiger partial charge in [0, 0.05) is 17.9 Å². The zero-order valence-corrected chi connectivity index (χ0v) is 15.1. The summed E-state index contributed by atoms with van der Waals surface area (Å²) in [6, 6.07) is 7.17. The van der Waals surface area contributed by atoms with Crippen molar-refractivity contribution in [3.05, 3.63) is 45.8 Å². The van der Waals surface area contributed by atoms with Crippen molar-refractivity contribution in [2.24, 2.45) is 0 Å². The molecular formula is C15H16N2O3S3. The molecule has 0 bridgehead atoms. The predicted octanol–water partition coefficient (Wildman–Crippen LogP) is 3.35. The first-order valence-electron chi connectivity index (χ1n) is 6.93. The molecule has 0 radical (unpaired) electrons. The number of aryl methyl sites for hydroxylation is 1. The molecule has 0 unspecified atom stereocenters. The Morgan fingerprint density at radius 3 is 2.78 bits per heavy atom. The van der Waals surface area contributed by atoms with E-state index in [1.165, 1.54) is 15.6 Å². The van der Waals surface area contributed by atoms with Gasteiger partial charge in [-0.25, -0.2) is 17.7 Å². The summed E-state index contributed by atoms with van der Waals surface area (Å²) in [6.45, 7) is 2.16. The highest BCUT2D eigenvalue weighted by Gasteiger charge is 2.40. The lowest BCUT2D eigenvalue weighted by molar-refractivity contribution is 0.514. The van der Waals surface area contributed by atoms with E-state index >= 15 is 0 Å². The molecule has 1 aromatic heterocycles. The van der Waals surface area contributed by atoms with Crippen LogP contribution in [0, 0.1) is 6.92 Å². The Bertz CT molecular complexity index is 872. The smallest absolute Gasteiger partial charge is 0.269 e. The summed E-state index contributed by atoms with van der Waals surface area (Å²) in [7, 11) is -3.85. The van der Waals surface area contributed by atoms with Crippen LogP contribution in [-0.2, 0) is 10.0 Å². The van der Waals surface area contributed by atoms with Crippen LogP contribution < -0.4 is 4.31 Å². The Hall–Kier alpha value is -1.51. The second-order valence-corrected chi connectivity index (χ2v) is 8.71. The summed E-state index contributed by atoms with van der Waals surface area (Å²) in [5.74, 6) is 0.758. The van der Waals surface area contributed by atoms with E-state index in [1.54, 1.807) is 29.4 Å². The molecule has 5 nitrogen and oxygen atoms in total. The highest BCUT2D eigenvalue weighted by Crippen LogP contribution is 2.44. The minimum absolute atomic E-state index is 0.0338. The molecule has 1 aromatic carbocycles. The van der Waals surface area contributed by atoms with E-state index in [9.17, 15) is 13.5 Å². The Morgan fingerprint density at radius 2 is 2.09 bits per heavy atom. The maximum Gasteiger partial charge on any atom is 0.269 e. The van der Waals surface area contributed by atoms with E-state index in [1.807, 2.05) is 25.3 Å². The third kappa shape index (κ3) is 2.64. The summed E-state index contributed by atoms with van der Waals surface area (Å²) in [5.41, 5.74) is 2.89. The van der Waals surface area contributed by atoms with Crippen LogP contribution in [0.1, 0.15) is 16.0 Å². The van der Waals surface area contributed by atoms with Crippen molar-refractivity contribution in [1.29, 1.82) is 0 Å². The normalized spacial score (nSPS) is 16.5. The van der Waals surface area contributed by atoms with Crippen molar-refractivity contribution in [1.82, 2.24) is 4.98 Å². The van der Waals surface area contributed by atoms with E-state index in [4.69, 9.17) is 0 Å². The van der Waals surface area contributed by atoms with Gasteiger partial charge in [0.15, 0.2) is 11.6 Å². The second-order valence-electron chi connectivity index (χ2n) is 5.07. The maximum absolute atomic E-state index is 13.1. The van der Waals surface area contributed by atoms with E-state index in [0.717, 1.165) is 5.56 Å². The number of nitrogens with zero attached hydrogens (tertiary/aromatic N) is 2. The lowest BCUT2D eigenvalue weighted by Crippen LogP contribution is -2.37. The van der Waals surface area contributed by atoms with Gasteiger partial charge < -0.3 is 5.11 Å². The van der Waals surface area contributed by atoms with E-state index in [2.05, 4.69) is 4.98 Å². The summed E-state index contributed by atoms with van der Waals surface area (Å²) < 4.78 is 27.5. The fourth-order valence-corrected chi connectivity index (χ4v) is 5.64. The van der Waals surface area contributed by atoms with Crippen LogP contribution in [0.2, 0.25) is 0 Å². The highest BCUT2D eigenvalue weighted by atomic mass is 32.2. The Morgan fingerprint density at radius 1 is 1.35 bits per heavy atom. The van der Waals surface area contributed by atoms with E-state index in [0.29, 0.717) is 28.6 Å². The topological polar surface area (TPSA) is 70.5 Å². The summed E-state index contributed by atoms with van der Waals surface area (Å²) in [6.07, 6.45) is 1.92. The first kappa shape index (κ1) is 16.4. The number of aromatic nitrogens is 1. The zero-order valence-electron chi connectivity index (χ0n) is 12.7. The zero-order chi connectivity index (χ0) is 16.6. The summed E-state index contributed by atoms with van der Waals surface area (Å²) >= 11 is 2.81. The van der Waals surface area contributed by atoms with Gasteiger partial charge in [-0.1, -0.05) is 24.3 Å². The molecular weight excluding hydrogens is 352 g/mol. The number of sulfonamides is 1. The summed E-state index contributed by atoms with van der Waals surface area (Å²) in [5, 5.41) is 10.6. The van der Waals surface area contributed by atoms with Gasteiger partial charge in [-0.2, -0.15) is 11.8 Å². The molecule has 2 aromatic rings. The molecule has 0 fully saturated rings. The molecule has 0 atom stereocenters. The van der Waals surface area contributed by atoms with E-state index in [-0.39, 0.29) is 10.7 Å². The fourth-order valence-electron chi connectivity index (χ4n) is 2.52. The Balaban J connectivity index is 2.26.